The maximum absolute atomic E-state index is 10.8. The van der Waals surface area contributed by atoms with Crippen LogP contribution in [0.1, 0.15) is 33.1 Å². The molecule has 82 valence electrons. The summed E-state index contributed by atoms with van der Waals surface area (Å²) in [4.78, 5) is 21.3. The Hall–Kier alpha value is -0.900. The van der Waals surface area contributed by atoms with Gasteiger partial charge in [-0.25, -0.2) is 0 Å². The third kappa shape index (κ3) is 4.97. The molecule has 0 aliphatic carbocycles. The van der Waals surface area contributed by atoms with Crippen LogP contribution < -0.4 is 5.32 Å². The number of methoxy groups -OCH3 is 1. The van der Waals surface area contributed by atoms with Crippen LogP contribution in [0.4, 0.5) is 0 Å². The van der Waals surface area contributed by atoms with Gasteiger partial charge in [0, 0.05) is 13.5 Å². The van der Waals surface area contributed by atoms with Gasteiger partial charge < -0.3 is 4.74 Å². The van der Waals surface area contributed by atoms with Crippen molar-refractivity contribution in [3.63, 3.8) is 0 Å². The Bertz CT molecular complexity index is 190. The highest BCUT2D eigenvalue weighted by Crippen LogP contribution is 2.09. The van der Waals surface area contributed by atoms with Gasteiger partial charge in [0.2, 0.25) is 11.8 Å². The highest BCUT2D eigenvalue weighted by Gasteiger charge is 2.29. The third-order valence-electron chi connectivity index (χ3n) is 1.93. The van der Waals surface area contributed by atoms with Crippen molar-refractivity contribution in [3.8, 4) is 0 Å². The standard InChI is InChI=1S/C6H9NO3.C4H10/c1-10-3-4-2-5(8)7-6(4)9;1-3-4-2/h4H,2-3H2,1H3,(H,7,8,9);3-4H2,1-2H3. The minimum absolute atomic E-state index is 0.202. The first kappa shape index (κ1) is 13.1. The largest absolute Gasteiger partial charge is 0.384 e. The Morgan fingerprint density at radius 2 is 1.93 bits per heavy atom. The van der Waals surface area contributed by atoms with E-state index in [0.717, 1.165) is 0 Å². The van der Waals surface area contributed by atoms with Crippen molar-refractivity contribution < 1.29 is 14.3 Å². The molecular weight excluding hydrogens is 182 g/mol. The first-order chi connectivity index (χ1) is 6.65. The minimum atomic E-state index is -0.266. The predicted molar refractivity (Wildman–Crippen MR) is 53.7 cm³/mol. The van der Waals surface area contributed by atoms with Crippen LogP contribution in [0.15, 0.2) is 0 Å². The van der Waals surface area contributed by atoms with E-state index in [1.165, 1.54) is 20.0 Å². The van der Waals surface area contributed by atoms with Crippen molar-refractivity contribution in [2.45, 2.75) is 33.1 Å². The van der Waals surface area contributed by atoms with E-state index in [0.29, 0.717) is 6.61 Å². The molecule has 0 aromatic heterocycles. The Kier molecular flexibility index (Phi) is 7.02. The highest BCUT2D eigenvalue weighted by molar-refractivity contribution is 6.03. The van der Waals surface area contributed by atoms with Crippen LogP contribution in [-0.2, 0) is 14.3 Å². The predicted octanol–water partition coefficient (Wildman–Crippen LogP) is 1.10. The molecule has 1 aliphatic rings. The molecule has 1 N–H and O–H groups in total. The lowest BCUT2D eigenvalue weighted by Crippen LogP contribution is -2.23. The Balaban J connectivity index is 0.000000364. The van der Waals surface area contributed by atoms with Crippen molar-refractivity contribution in [1.82, 2.24) is 5.32 Å². The number of ether oxygens (including phenoxy) is 1. The Morgan fingerprint density at radius 3 is 2.21 bits per heavy atom. The van der Waals surface area contributed by atoms with Gasteiger partial charge in [0.15, 0.2) is 0 Å². The van der Waals surface area contributed by atoms with Crippen LogP contribution in [0.25, 0.3) is 0 Å². The first-order valence-electron chi connectivity index (χ1n) is 4.98. The Morgan fingerprint density at radius 1 is 1.36 bits per heavy atom. The lowest BCUT2D eigenvalue weighted by molar-refractivity contribution is -0.126. The number of hydrogen-bond donors (Lipinski definition) is 1. The van der Waals surface area contributed by atoms with E-state index >= 15 is 0 Å². The second-order valence-corrected chi connectivity index (χ2v) is 3.27. The van der Waals surface area contributed by atoms with Gasteiger partial charge in [-0.05, 0) is 0 Å². The van der Waals surface area contributed by atoms with Gasteiger partial charge >= 0.3 is 0 Å². The van der Waals surface area contributed by atoms with Crippen molar-refractivity contribution in [2.24, 2.45) is 5.92 Å². The third-order valence-corrected chi connectivity index (χ3v) is 1.93. The fraction of sp³-hybridized carbons (Fsp3) is 0.800. The summed E-state index contributed by atoms with van der Waals surface area (Å²) in [6, 6.07) is 0. The molecule has 1 rings (SSSR count). The van der Waals surface area contributed by atoms with E-state index < -0.39 is 0 Å². The van der Waals surface area contributed by atoms with Gasteiger partial charge in [-0.3, -0.25) is 14.9 Å². The molecule has 0 spiro atoms. The maximum Gasteiger partial charge on any atom is 0.232 e. The fourth-order valence-electron chi connectivity index (χ4n) is 0.943. The summed E-state index contributed by atoms with van der Waals surface area (Å²) in [5, 5.41) is 2.19. The van der Waals surface area contributed by atoms with Crippen LogP contribution in [0.5, 0.6) is 0 Å². The van der Waals surface area contributed by atoms with Crippen LogP contribution in [0.3, 0.4) is 0 Å². The summed E-state index contributed by atoms with van der Waals surface area (Å²) in [6.07, 6.45) is 2.91. The topological polar surface area (TPSA) is 55.4 Å². The zero-order valence-electron chi connectivity index (χ0n) is 9.13. The highest BCUT2D eigenvalue weighted by atomic mass is 16.5. The molecule has 4 nitrogen and oxygen atoms in total. The molecule has 4 heteroatoms. The van der Waals surface area contributed by atoms with E-state index in [1.54, 1.807) is 0 Å². The van der Waals surface area contributed by atoms with Crippen molar-refractivity contribution in [2.75, 3.05) is 13.7 Å². The molecule has 2 amide bonds. The van der Waals surface area contributed by atoms with Gasteiger partial charge in [-0.15, -0.1) is 0 Å². The summed E-state index contributed by atoms with van der Waals surface area (Å²) in [5.74, 6) is -0.684. The fourth-order valence-corrected chi connectivity index (χ4v) is 0.943. The minimum Gasteiger partial charge on any atom is -0.384 e. The SMILES string of the molecule is CCCC.COCC1CC(=O)NC1=O. The van der Waals surface area contributed by atoms with Crippen molar-refractivity contribution in [3.05, 3.63) is 0 Å². The van der Waals surface area contributed by atoms with Gasteiger partial charge in [-0.1, -0.05) is 26.7 Å². The normalized spacial score (nSPS) is 20.1. The number of imide groups is 1. The molecule has 1 heterocycles. The zero-order chi connectivity index (χ0) is 11.0. The molecule has 0 bridgehead atoms. The van der Waals surface area contributed by atoms with E-state index in [-0.39, 0.29) is 24.2 Å². The molecule has 0 aromatic carbocycles. The van der Waals surface area contributed by atoms with E-state index in [2.05, 4.69) is 19.2 Å². The summed E-state index contributed by atoms with van der Waals surface area (Å²) in [6.45, 7) is 4.69. The number of unbranched alkanes of at least 4 members (excludes halogenated alkanes) is 1. The van der Waals surface area contributed by atoms with Gasteiger partial charge in [0.1, 0.15) is 0 Å². The van der Waals surface area contributed by atoms with E-state index in [9.17, 15) is 9.59 Å². The average molecular weight is 201 g/mol. The number of hydrogen-bond acceptors (Lipinski definition) is 3. The lowest BCUT2D eigenvalue weighted by Gasteiger charge is -2.00. The second-order valence-electron chi connectivity index (χ2n) is 3.27. The quantitative estimate of drug-likeness (QED) is 0.696. The summed E-state index contributed by atoms with van der Waals surface area (Å²) < 4.78 is 4.73. The van der Waals surface area contributed by atoms with Crippen molar-refractivity contribution >= 4 is 11.8 Å². The molecule has 0 saturated carbocycles. The monoisotopic (exact) mass is 201 g/mol. The van der Waals surface area contributed by atoms with Crippen LogP contribution >= 0.6 is 0 Å². The molecule has 0 radical (unpaired) electrons. The molecule has 0 aromatic rings. The molecule has 1 atom stereocenters. The summed E-state index contributed by atoms with van der Waals surface area (Å²) in [7, 11) is 1.51. The zero-order valence-corrected chi connectivity index (χ0v) is 9.13. The molecule has 1 unspecified atom stereocenters. The number of amides is 2. The summed E-state index contributed by atoms with van der Waals surface area (Å²) >= 11 is 0. The van der Waals surface area contributed by atoms with Crippen molar-refractivity contribution in [1.29, 1.82) is 0 Å². The number of rotatable bonds is 3. The van der Waals surface area contributed by atoms with Gasteiger partial charge in [-0.2, -0.15) is 0 Å². The number of carbonyl (C=O) groups excluding carboxylic acids is 2. The number of nitrogens with one attached hydrogen (secondary N) is 1. The van der Waals surface area contributed by atoms with Crippen LogP contribution in [0.2, 0.25) is 0 Å². The van der Waals surface area contributed by atoms with Crippen LogP contribution in [-0.4, -0.2) is 25.5 Å². The molecule has 14 heavy (non-hydrogen) atoms. The second kappa shape index (κ2) is 7.50. The molecule has 1 aliphatic heterocycles. The molecular formula is C10H19NO3. The molecule has 1 saturated heterocycles. The van der Waals surface area contributed by atoms with Crippen LogP contribution in [0, 0.1) is 5.92 Å². The maximum atomic E-state index is 10.8. The van der Waals surface area contributed by atoms with Gasteiger partial charge in [0.05, 0.1) is 12.5 Å². The Labute approximate surface area is 85.0 Å². The lowest BCUT2D eigenvalue weighted by atomic mass is 10.1. The average Bonchev–Trinajstić information content (AvgIpc) is 2.47. The van der Waals surface area contributed by atoms with Gasteiger partial charge in [0.25, 0.3) is 0 Å². The molecule has 1 fully saturated rings. The number of carbonyl (C=O) groups is 2. The van der Waals surface area contributed by atoms with E-state index in [4.69, 9.17) is 4.74 Å². The summed E-state index contributed by atoms with van der Waals surface area (Å²) in [5.41, 5.74) is 0. The first-order valence-corrected chi connectivity index (χ1v) is 4.98. The smallest absolute Gasteiger partial charge is 0.232 e. The van der Waals surface area contributed by atoms with E-state index in [1.807, 2.05) is 0 Å².